The highest BCUT2D eigenvalue weighted by Crippen LogP contribution is 2.39. The summed E-state index contributed by atoms with van der Waals surface area (Å²) >= 11 is 4.56. The average molecular weight is 505 g/mol. The van der Waals surface area contributed by atoms with Gasteiger partial charge in [-0.15, -0.1) is 32.9 Å². The molecule has 0 bridgehead atoms. The topological polar surface area (TPSA) is 86.1 Å². The van der Waals surface area contributed by atoms with Gasteiger partial charge >= 0.3 is 5.97 Å². The molecule has 1 aliphatic rings. The van der Waals surface area contributed by atoms with Gasteiger partial charge in [0.15, 0.2) is 11.0 Å². The molecule has 33 heavy (non-hydrogen) atoms. The van der Waals surface area contributed by atoms with Crippen LogP contribution in [0.15, 0.2) is 16.6 Å². The van der Waals surface area contributed by atoms with Crippen LogP contribution in [0, 0.1) is 6.92 Å². The molecule has 1 N–H and O–H groups in total. The largest absolute Gasteiger partial charge is 0.462 e. The molecule has 0 saturated carbocycles. The summed E-state index contributed by atoms with van der Waals surface area (Å²) in [5.41, 5.74) is 2.64. The van der Waals surface area contributed by atoms with Crippen molar-refractivity contribution in [1.29, 1.82) is 0 Å². The van der Waals surface area contributed by atoms with Gasteiger partial charge in [-0.3, -0.25) is 4.79 Å². The van der Waals surface area contributed by atoms with E-state index in [0.29, 0.717) is 17.2 Å². The second-order valence-corrected chi connectivity index (χ2v) is 11.0. The first-order valence-corrected chi connectivity index (χ1v) is 13.9. The van der Waals surface area contributed by atoms with Crippen LogP contribution in [0.3, 0.4) is 0 Å². The number of nitrogens with one attached hydrogen (secondary N) is 1. The fourth-order valence-electron chi connectivity index (χ4n) is 3.96. The molecule has 176 valence electrons. The first-order valence-electron chi connectivity index (χ1n) is 11.2. The number of thioether (sulfide) groups is 1. The third-order valence-electron chi connectivity index (χ3n) is 5.39. The van der Waals surface area contributed by atoms with Crippen LogP contribution in [0.25, 0.3) is 11.4 Å². The maximum Gasteiger partial charge on any atom is 0.341 e. The van der Waals surface area contributed by atoms with E-state index in [1.54, 1.807) is 18.3 Å². The number of aryl methyl sites for hydroxylation is 2. The Morgan fingerprint density at radius 2 is 2.06 bits per heavy atom. The molecule has 7 nitrogen and oxygen atoms in total. The van der Waals surface area contributed by atoms with Gasteiger partial charge in [0.2, 0.25) is 5.91 Å². The Labute approximate surface area is 206 Å². The van der Waals surface area contributed by atoms with E-state index in [1.165, 1.54) is 32.9 Å². The molecule has 4 rings (SSSR count). The van der Waals surface area contributed by atoms with Crippen LogP contribution in [0.2, 0.25) is 0 Å². The van der Waals surface area contributed by atoms with Crippen LogP contribution in [-0.4, -0.2) is 39.0 Å². The predicted molar refractivity (Wildman–Crippen MR) is 135 cm³/mol. The summed E-state index contributed by atoms with van der Waals surface area (Å²) in [5.74, 6) is 0.510. The molecule has 3 aromatic heterocycles. The molecular formula is C23H28N4O3S3. The molecule has 0 aliphatic heterocycles. The summed E-state index contributed by atoms with van der Waals surface area (Å²) in [4.78, 5) is 27.9. The first kappa shape index (κ1) is 24.0. The number of hydrogen-bond donors (Lipinski definition) is 1. The summed E-state index contributed by atoms with van der Waals surface area (Å²) in [6, 6.07) is 2.11. The van der Waals surface area contributed by atoms with Crippen molar-refractivity contribution in [2.24, 2.45) is 0 Å². The van der Waals surface area contributed by atoms with Gasteiger partial charge in [0.25, 0.3) is 0 Å². The lowest BCUT2D eigenvalue weighted by Crippen LogP contribution is -2.17. The first-order chi connectivity index (χ1) is 16.0. The molecule has 0 atom stereocenters. The number of esters is 1. The standard InChI is InChI=1S/C23H28N4O3S3/c1-4-10-27-20(15-11-14(3)31-12-15)25-26-23(27)32-13-18(28)24-21-19(22(29)30-5-2)16-8-6-7-9-17(16)33-21/h11-12H,4-10,13H2,1-3H3,(H,24,28). The van der Waals surface area contributed by atoms with E-state index < -0.39 is 0 Å². The Bertz CT molecular complexity index is 1150. The third kappa shape index (κ3) is 5.33. The number of hydrogen-bond acceptors (Lipinski definition) is 8. The lowest BCUT2D eigenvalue weighted by atomic mass is 9.95. The summed E-state index contributed by atoms with van der Waals surface area (Å²) in [5, 5.41) is 15.1. The van der Waals surface area contributed by atoms with E-state index >= 15 is 0 Å². The quantitative estimate of drug-likeness (QED) is 0.303. The van der Waals surface area contributed by atoms with Crippen LogP contribution in [-0.2, 0) is 28.9 Å². The van der Waals surface area contributed by atoms with Crippen molar-refractivity contribution in [1.82, 2.24) is 14.8 Å². The fourth-order valence-corrected chi connectivity index (χ4v) is 6.70. The zero-order chi connectivity index (χ0) is 23.4. The van der Waals surface area contributed by atoms with Crippen molar-refractivity contribution in [2.45, 2.75) is 64.6 Å². The van der Waals surface area contributed by atoms with Gasteiger partial charge in [0.1, 0.15) is 5.00 Å². The summed E-state index contributed by atoms with van der Waals surface area (Å²) < 4.78 is 7.36. The SMILES string of the molecule is CCCn1c(SCC(=O)Nc2sc3c(c2C(=O)OCC)CCCC3)nnc1-c1csc(C)c1. The van der Waals surface area contributed by atoms with Gasteiger partial charge in [0, 0.05) is 27.2 Å². The molecule has 0 radical (unpaired) electrons. The molecule has 0 unspecified atom stereocenters. The van der Waals surface area contributed by atoms with Gasteiger partial charge in [-0.05, 0) is 57.6 Å². The van der Waals surface area contributed by atoms with Gasteiger partial charge in [-0.25, -0.2) is 4.79 Å². The van der Waals surface area contributed by atoms with Gasteiger partial charge in [0.05, 0.1) is 17.9 Å². The molecule has 0 fully saturated rings. The highest BCUT2D eigenvalue weighted by molar-refractivity contribution is 7.99. The van der Waals surface area contributed by atoms with Crippen LogP contribution in [0.4, 0.5) is 5.00 Å². The number of carbonyl (C=O) groups excluding carboxylic acids is 2. The number of anilines is 1. The lowest BCUT2D eigenvalue weighted by molar-refractivity contribution is -0.113. The van der Waals surface area contributed by atoms with Gasteiger partial charge in [-0.1, -0.05) is 18.7 Å². The molecule has 0 spiro atoms. The van der Waals surface area contributed by atoms with Crippen LogP contribution < -0.4 is 5.32 Å². The van der Waals surface area contributed by atoms with Crippen molar-refractivity contribution < 1.29 is 14.3 Å². The van der Waals surface area contributed by atoms with E-state index in [1.807, 2.05) is 0 Å². The number of ether oxygens (including phenoxy) is 1. The van der Waals surface area contributed by atoms with E-state index in [0.717, 1.165) is 60.8 Å². The summed E-state index contributed by atoms with van der Waals surface area (Å²) in [7, 11) is 0. The van der Waals surface area contributed by atoms with Crippen LogP contribution in [0.5, 0.6) is 0 Å². The van der Waals surface area contributed by atoms with E-state index in [9.17, 15) is 9.59 Å². The van der Waals surface area contributed by atoms with Gasteiger partial charge in [-0.2, -0.15) is 0 Å². The summed E-state index contributed by atoms with van der Waals surface area (Å²) in [6.45, 7) is 7.07. The molecule has 3 aromatic rings. The Balaban J connectivity index is 1.49. The Hall–Kier alpha value is -2.17. The molecule has 3 heterocycles. The number of rotatable bonds is 9. The minimum absolute atomic E-state index is 0.164. The highest BCUT2D eigenvalue weighted by Gasteiger charge is 2.27. The van der Waals surface area contributed by atoms with Crippen molar-refractivity contribution in [3.63, 3.8) is 0 Å². The maximum absolute atomic E-state index is 12.8. The van der Waals surface area contributed by atoms with Crippen LogP contribution in [0.1, 0.15) is 58.8 Å². The predicted octanol–water partition coefficient (Wildman–Crippen LogP) is 5.57. The third-order valence-corrected chi connectivity index (χ3v) is 8.42. The molecule has 0 aromatic carbocycles. The minimum atomic E-state index is -0.349. The number of fused-ring (bicyclic) bond motifs is 1. The second-order valence-electron chi connectivity index (χ2n) is 7.88. The summed E-state index contributed by atoms with van der Waals surface area (Å²) in [6.07, 6.45) is 4.91. The van der Waals surface area contributed by atoms with Crippen molar-refractivity contribution in [3.8, 4) is 11.4 Å². The Morgan fingerprint density at radius 1 is 1.24 bits per heavy atom. The molecular weight excluding hydrogens is 476 g/mol. The van der Waals surface area contributed by atoms with Crippen molar-refractivity contribution >= 4 is 51.3 Å². The molecule has 1 aliphatic carbocycles. The van der Waals surface area contributed by atoms with Crippen molar-refractivity contribution in [3.05, 3.63) is 32.3 Å². The van der Waals surface area contributed by atoms with E-state index in [4.69, 9.17) is 4.74 Å². The number of aromatic nitrogens is 3. The minimum Gasteiger partial charge on any atom is -0.462 e. The second kappa shape index (κ2) is 10.8. The average Bonchev–Trinajstić information content (AvgIpc) is 3.49. The number of amides is 1. The van der Waals surface area contributed by atoms with Gasteiger partial charge < -0.3 is 14.6 Å². The van der Waals surface area contributed by atoms with Crippen molar-refractivity contribution in [2.75, 3.05) is 17.7 Å². The number of carbonyl (C=O) groups is 2. The molecule has 1 amide bonds. The normalized spacial score (nSPS) is 13.1. The zero-order valence-corrected chi connectivity index (χ0v) is 21.6. The number of nitrogens with zero attached hydrogens (tertiary/aromatic N) is 3. The highest BCUT2D eigenvalue weighted by atomic mass is 32.2. The van der Waals surface area contributed by atoms with Crippen LogP contribution >= 0.6 is 34.4 Å². The Morgan fingerprint density at radius 3 is 2.79 bits per heavy atom. The fraction of sp³-hybridized carbons (Fsp3) is 0.478. The monoisotopic (exact) mass is 504 g/mol. The molecule has 0 saturated heterocycles. The lowest BCUT2D eigenvalue weighted by Gasteiger charge is -2.12. The molecule has 10 heteroatoms. The number of thiophene rings is 2. The van der Waals surface area contributed by atoms with E-state index in [2.05, 4.69) is 45.4 Å². The zero-order valence-electron chi connectivity index (χ0n) is 19.1. The van der Waals surface area contributed by atoms with E-state index in [-0.39, 0.29) is 17.6 Å². The Kier molecular flexibility index (Phi) is 7.87. The smallest absolute Gasteiger partial charge is 0.341 e. The maximum atomic E-state index is 12.8.